The van der Waals surface area contributed by atoms with Gasteiger partial charge in [0.25, 0.3) is 0 Å². The Morgan fingerprint density at radius 3 is 1.71 bits per heavy atom. The van der Waals surface area contributed by atoms with Crippen LogP contribution < -0.4 is 0 Å². The molecule has 0 fully saturated rings. The van der Waals surface area contributed by atoms with Crippen molar-refractivity contribution in [1.29, 1.82) is 0 Å². The third-order valence-electron chi connectivity index (χ3n) is 4.24. The van der Waals surface area contributed by atoms with Crippen molar-refractivity contribution in [2.45, 2.75) is 39.1 Å². The Morgan fingerprint density at radius 1 is 0.710 bits per heavy atom. The summed E-state index contributed by atoms with van der Waals surface area (Å²) in [5.74, 6) is -1.53. The molecule has 2 aromatic carbocycles. The Bertz CT molecular complexity index is 866. The number of rotatable bonds is 11. The molecule has 3 unspecified atom stereocenters. The Hall–Kier alpha value is -3.10. The van der Waals surface area contributed by atoms with Crippen LogP contribution in [0.2, 0.25) is 0 Å². The molecule has 0 saturated carbocycles. The van der Waals surface area contributed by atoms with Crippen molar-refractivity contribution in [2.75, 3.05) is 19.8 Å². The summed E-state index contributed by atoms with van der Waals surface area (Å²) in [6.45, 7) is 5.66. The normalized spacial score (nSPS) is 13.8. The third kappa shape index (κ3) is 7.92. The van der Waals surface area contributed by atoms with Gasteiger partial charge in [0.05, 0.1) is 25.4 Å². The zero-order chi connectivity index (χ0) is 22.8. The van der Waals surface area contributed by atoms with Crippen LogP contribution in [0.4, 0.5) is 0 Å². The summed E-state index contributed by atoms with van der Waals surface area (Å²) in [4.78, 5) is 24.0. The maximum absolute atomic E-state index is 12.1. The summed E-state index contributed by atoms with van der Waals surface area (Å²) in [5.41, 5.74) is 0.191. The van der Waals surface area contributed by atoms with Gasteiger partial charge in [0.1, 0.15) is 35.3 Å². The quantitative estimate of drug-likeness (QED) is 0.520. The standard InChI is InChI=1S/C23H28O8/c1-15(29-14-17(3)31-23(27)19-9-5-7-11-21(19)25)12-28-16(2)13-30-22(26)18-8-4-6-10-20(18)24/h4-11,15-17,24-25H,12-14H2,1-3H3. The highest BCUT2D eigenvalue weighted by Gasteiger charge is 2.17. The summed E-state index contributed by atoms with van der Waals surface area (Å²) in [7, 11) is 0. The van der Waals surface area contributed by atoms with Crippen LogP contribution in [0.15, 0.2) is 48.5 Å². The van der Waals surface area contributed by atoms with Gasteiger partial charge in [0.15, 0.2) is 0 Å². The molecule has 0 radical (unpaired) electrons. The molecule has 2 rings (SSSR count). The number of carbonyl (C=O) groups excluding carboxylic acids is 2. The minimum absolute atomic E-state index is 0.0223. The second kappa shape index (κ2) is 11.9. The van der Waals surface area contributed by atoms with Crippen molar-refractivity contribution >= 4 is 11.9 Å². The van der Waals surface area contributed by atoms with Crippen LogP contribution in [0.3, 0.4) is 0 Å². The number of ether oxygens (including phenoxy) is 4. The van der Waals surface area contributed by atoms with E-state index in [0.717, 1.165) is 0 Å². The van der Waals surface area contributed by atoms with Gasteiger partial charge in [0, 0.05) is 0 Å². The van der Waals surface area contributed by atoms with E-state index in [1.54, 1.807) is 45.0 Å². The summed E-state index contributed by atoms with van der Waals surface area (Å²) < 4.78 is 21.7. The van der Waals surface area contributed by atoms with Crippen molar-refractivity contribution in [3.63, 3.8) is 0 Å². The Balaban J connectivity index is 1.65. The Morgan fingerprint density at radius 2 is 1.16 bits per heavy atom. The minimum Gasteiger partial charge on any atom is -0.507 e. The number of benzene rings is 2. The fourth-order valence-corrected chi connectivity index (χ4v) is 2.54. The van der Waals surface area contributed by atoms with Crippen molar-refractivity contribution in [1.82, 2.24) is 0 Å². The predicted octanol–water partition coefficient (Wildman–Crippen LogP) is 3.31. The van der Waals surface area contributed by atoms with Crippen molar-refractivity contribution in [2.24, 2.45) is 0 Å². The van der Waals surface area contributed by atoms with E-state index in [4.69, 9.17) is 18.9 Å². The maximum atomic E-state index is 12.1. The van der Waals surface area contributed by atoms with Gasteiger partial charge in [-0.2, -0.15) is 0 Å². The van der Waals surface area contributed by atoms with E-state index in [2.05, 4.69) is 0 Å². The number of para-hydroxylation sites is 2. The molecule has 3 atom stereocenters. The lowest BCUT2D eigenvalue weighted by atomic mass is 10.2. The molecule has 168 valence electrons. The molecule has 0 aliphatic heterocycles. The van der Waals surface area contributed by atoms with E-state index in [1.807, 2.05) is 0 Å². The van der Waals surface area contributed by atoms with Crippen molar-refractivity contribution in [3.8, 4) is 11.5 Å². The van der Waals surface area contributed by atoms with E-state index >= 15 is 0 Å². The molecule has 0 aliphatic carbocycles. The molecule has 2 N–H and O–H groups in total. The molecule has 8 nitrogen and oxygen atoms in total. The van der Waals surface area contributed by atoms with Crippen LogP contribution >= 0.6 is 0 Å². The van der Waals surface area contributed by atoms with Crippen molar-refractivity contribution < 1.29 is 38.7 Å². The zero-order valence-electron chi connectivity index (χ0n) is 17.8. The zero-order valence-corrected chi connectivity index (χ0v) is 17.8. The first kappa shape index (κ1) is 24.2. The molecule has 0 amide bonds. The second-order valence-electron chi connectivity index (χ2n) is 7.14. The topological polar surface area (TPSA) is 112 Å². The summed E-state index contributed by atoms with van der Waals surface area (Å²) in [6, 6.07) is 12.3. The summed E-state index contributed by atoms with van der Waals surface area (Å²) in [5, 5.41) is 19.4. The number of hydrogen-bond donors (Lipinski definition) is 2. The van der Waals surface area contributed by atoms with Gasteiger partial charge in [-0.15, -0.1) is 0 Å². The molecule has 0 aromatic heterocycles. The lowest BCUT2D eigenvalue weighted by Crippen LogP contribution is -2.28. The van der Waals surface area contributed by atoms with Crippen LogP contribution in [0.1, 0.15) is 41.5 Å². The lowest BCUT2D eigenvalue weighted by molar-refractivity contribution is -0.0683. The molecule has 0 heterocycles. The van der Waals surface area contributed by atoms with Gasteiger partial charge in [0.2, 0.25) is 0 Å². The molecule has 8 heteroatoms. The first-order valence-electron chi connectivity index (χ1n) is 9.95. The fourth-order valence-electron chi connectivity index (χ4n) is 2.54. The van der Waals surface area contributed by atoms with Crippen LogP contribution in [-0.4, -0.2) is 60.3 Å². The fraction of sp³-hybridized carbons (Fsp3) is 0.391. The van der Waals surface area contributed by atoms with Crippen LogP contribution in [0.5, 0.6) is 11.5 Å². The number of phenolic OH excluding ortho intramolecular Hbond substituents is 2. The first-order valence-corrected chi connectivity index (χ1v) is 9.95. The third-order valence-corrected chi connectivity index (χ3v) is 4.24. The molecule has 0 saturated heterocycles. The van der Waals surface area contributed by atoms with E-state index in [9.17, 15) is 19.8 Å². The molecule has 0 bridgehead atoms. The predicted molar refractivity (Wildman–Crippen MR) is 112 cm³/mol. The second-order valence-corrected chi connectivity index (χ2v) is 7.14. The molecule has 0 spiro atoms. The lowest BCUT2D eigenvalue weighted by Gasteiger charge is -2.20. The Labute approximate surface area is 181 Å². The number of carbonyl (C=O) groups is 2. The number of phenols is 2. The average Bonchev–Trinajstić information content (AvgIpc) is 2.75. The SMILES string of the molecule is CC(COC(=O)c1ccccc1O)OCC(C)OCC(C)OC(=O)c1ccccc1O. The maximum Gasteiger partial charge on any atom is 0.342 e. The number of esters is 2. The van der Waals surface area contributed by atoms with E-state index in [1.165, 1.54) is 24.3 Å². The average molecular weight is 432 g/mol. The smallest absolute Gasteiger partial charge is 0.342 e. The number of hydrogen-bond acceptors (Lipinski definition) is 8. The summed E-state index contributed by atoms with van der Waals surface area (Å²) in [6.07, 6.45) is -1.19. The molecular formula is C23H28O8. The summed E-state index contributed by atoms with van der Waals surface area (Å²) >= 11 is 0. The highest BCUT2D eigenvalue weighted by Crippen LogP contribution is 2.18. The first-order chi connectivity index (χ1) is 14.8. The van der Waals surface area contributed by atoms with Crippen LogP contribution in [-0.2, 0) is 18.9 Å². The van der Waals surface area contributed by atoms with E-state index < -0.39 is 18.0 Å². The van der Waals surface area contributed by atoms with Gasteiger partial charge in [-0.1, -0.05) is 24.3 Å². The molecule has 31 heavy (non-hydrogen) atoms. The highest BCUT2D eigenvalue weighted by molar-refractivity contribution is 5.92. The monoisotopic (exact) mass is 432 g/mol. The molecule has 0 aliphatic rings. The van der Waals surface area contributed by atoms with Crippen LogP contribution in [0.25, 0.3) is 0 Å². The van der Waals surface area contributed by atoms with Gasteiger partial charge in [-0.25, -0.2) is 9.59 Å². The Kier molecular flexibility index (Phi) is 9.30. The molecular weight excluding hydrogens is 404 g/mol. The number of aromatic hydroxyl groups is 2. The largest absolute Gasteiger partial charge is 0.507 e. The van der Waals surface area contributed by atoms with Gasteiger partial charge >= 0.3 is 11.9 Å². The van der Waals surface area contributed by atoms with Gasteiger partial charge in [-0.3, -0.25) is 0 Å². The highest BCUT2D eigenvalue weighted by atomic mass is 16.6. The van der Waals surface area contributed by atoms with Gasteiger partial charge < -0.3 is 29.2 Å². The molecule has 2 aromatic rings. The van der Waals surface area contributed by atoms with Gasteiger partial charge in [-0.05, 0) is 45.0 Å². The van der Waals surface area contributed by atoms with E-state index in [-0.39, 0.29) is 54.7 Å². The van der Waals surface area contributed by atoms with Crippen LogP contribution in [0, 0.1) is 0 Å². The minimum atomic E-state index is -0.627. The van der Waals surface area contributed by atoms with Crippen molar-refractivity contribution in [3.05, 3.63) is 59.7 Å². The van der Waals surface area contributed by atoms with E-state index in [0.29, 0.717) is 0 Å².